The van der Waals surface area contributed by atoms with Crippen molar-refractivity contribution in [3.8, 4) is 11.3 Å². The Kier molecular flexibility index (Phi) is 7.46. The topological polar surface area (TPSA) is 105 Å². The first kappa shape index (κ1) is 25.7. The molecule has 37 heavy (non-hydrogen) atoms. The highest BCUT2D eigenvalue weighted by molar-refractivity contribution is 7.85. The first-order chi connectivity index (χ1) is 17.6. The molecule has 5 aromatic rings. The van der Waals surface area contributed by atoms with Crippen LogP contribution < -0.4 is 5.32 Å². The van der Waals surface area contributed by atoms with Crippen LogP contribution in [0.5, 0.6) is 0 Å². The second kappa shape index (κ2) is 10.7. The Bertz CT molecular complexity index is 1610. The van der Waals surface area contributed by atoms with Crippen LogP contribution in [0.4, 0.5) is 24.8 Å². The Morgan fingerprint density at radius 3 is 2.16 bits per heavy atom. The molecule has 0 saturated carbocycles. The molecule has 188 valence electrons. The Labute approximate surface area is 210 Å². The van der Waals surface area contributed by atoms with Gasteiger partial charge < -0.3 is 5.32 Å². The van der Waals surface area contributed by atoms with Crippen LogP contribution in [-0.4, -0.2) is 27.9 Å². The summed E-state index contributed by atoms with van der Waals surface area (Å²) in [7, 11) is -4.00. The molecule has 0 aliphatic carbocycles. The molecule has 0 bridgehead atoms. The highest BCUT2D eigenvalue weighted by Crippen LogP contribution is 2.30. The first-order valence-corrected chi connectivity index (χ1v) is 12.2. The molecule has 0 aliphatic heterocycles. The van der Waals surface area contributed by atoms with Gasteiger partial charge in [0.05, 0.1) is 21.7 Å². The molecular weight excluding hydrogens is 505 g/mol. The van der Waals surface area contributed by atoms with Gasteiger partial charge in [-0.15, -0.1) is 0 Å². The number of nitrogens with one attached hydrogen (secondary N) is 1. The van der Waals surface area contributed by atoms with E-state index in [1.54, 1.807) is 36.7 Å². The minimum Gasteiger partial charge on any atom is -0.324 e. The van der Waals surface area contributed by atoms with E-state index in [0.717, 1.165) is 28.6 Å². The molecule has 0 fully saturated rings. The van der Waals surface area contributed by atoms with Gasteiger partial charge >= 0.3 is 6.18 Å². The average molecular weight is 525 g/mol. The number of fused-ring (bicyclic) bond motifs is 1. The number of halogens is 3. The van der Waals surface area contributed by atoms with Crippen molar-refractivity contribution in [2.45, 2.75) is 11.1 Å². The molecule has 0 amide bonds. The largest absolute Gasteiger partial charge is 0.416 e. The molecule has 0 atom stereocenters. The molecule has 0 unspecified atom stereocenters. The lowest BCUT2D eigenvalue weighted by atomic mass is 10.1. The molecule has 0 saturated heterocycles. The second-order valence-corrected chi connectivity index (χ2v) is 9.09. The van der Waals surface area contributed by atoms with Gasteiger partial charge in [0, 0.05) is 29.0 Å². The highest BCUT2D eigenvalue weighted by Gasteiger charge is 2.29. The van der Waals surface area contributed by atoms with Crippen molar-refractivity contribution in [2.24, 2.45) is 0 Å². The van der Waals surface area contributed by atoms with Crippen LogP contribution >= 0.6 is 0 Å². The van der Waals surface area contributed by atoms with Crippen molar-refractivity contribution < 1.29 is 26.1 Å². The zero-order valence-electron chi connectivity index (χ0n) is 19.0. The van der Waals surface area contributed by atoms with Crippen LogP contribution in [0.1, 0.15) is 5.56 Å². The third-order valence-electron chi connectivity index (χ3n) is 5.07. The maximum atomic E-state index is 12.6. The predicted molar refractivity (Wildman–Crippen MR) is 134 cm³/mol. The Morgan fingerprint density at radius 2 is 1.51 bits per heavy atom. The van der Waals surface area contributed by atoms with Gasteiger partial charge in [0.25, 0.3) is 10.1 Å². The van der Waals surface area contributed by atoms with E-state index in [1.807, 2.05) is 30.3 Å². The third kappa shape index (κ3) is 6.87. The Hall–Kier alpha value is -4.35. The van der Waals surface area contributed by atoms with Gasteiger partial charge in [0.1, 0.15) is 0 Å². The molecule has 0 spiro atoms. The zero-order valence-corrected chi connectivity index (χ0v) is 19.8. The van der Waals surface area contributed by atoms with Crippen molar-refractivity contribution in [3.05, 3.63) is 109 Å². The lowest BCUT2D eigenvalue weighted by Crippen LogP contribution is -2.04. The van der Waals surface area contributed by atoms with E-state index in [1.165, 1.54) is 24.3 Å². The van der Waals surface area contributed by atoms with E-state index in [0.29, 0.717) is 17.3 Å². The molecule has 7 nitrogen and oxygen atoms in total. The molecule has 2 N–H and O–H groups in total. The first-order valence-electron chi connectivity index (χ1n) is 10.7. The van der Waals surface area contributed by atoms with Gasteiger partial charge in [-0.1, -0.05) is 36.4 Å². The van der Waals surface area contributed by atoms with Crippen LogP contribution in [-0.2, 0) is 16.3 Å². The van der Waals surface area contributed by atoms with Crippen molar-refractivity contribution in [1.82, 2.24) is 15.0 Å². The number of aromatic nitrogens is 3. The molecule has 2 aromatic heterocycles. The minimum atomic E-state index is -4.36. The highest BCUT2D eigenvalue weighted by atomic mass is 32.2. The minimum absolute atomic E-state index is 0.0741. The molecular formula is C26H19F3N4O3S. The average Bonchev–Trinajstić information content (AvgIpc) is 2.89. The van der Waals surface area contributed by atoms with Crippen molar-refractivity contribution in [1.29, 1.82) is 0 Å². The summed E-state index contributed by atoms with van der Waals surface area (Å²) in [6.45, 7) is 0. The molecule has 3 aromatic carbocycles. The number of nitrogens with zero attached hydrogens (tertiary/aromatic N) is 3. The molecule has 0 radical (unpaired) electrons. The van der Waals surface area contributed by atoms with Crippen molar-refractivity contribution in [2.75, 3.05) is 5.32 Å². The second-order valence-electron chi connectivity index (χ2n) is 7.66. The Balaban J connectivity index is 0.000000270. The summed E-state index contributed by atoms with van der Waals surface area (Å²) >= 11 is 0. The number of hydrogen-bond donors (Lipinski definition) is 2. The zero-order chi connectivity index (χ0) is 26.5. The summed E-state index contributed by atoms with van der Waals surface area (Å²) in [5.74, 6) is 0.299. The Morgan fingerprint density at radius 1 is 0.784 bits per heavy atom. The van der Waals surface area contributed by atoms with Gasteiger partial charge in [-0.2, -0.15) is 21.6 Å². The number of rotatable bonds is 4. The van der Waals surface area contributed by atoms with E-state index >= 15 is 0 Å². The number of benzene rings is 3. The summed E-state index contributed by atoms with van der Waals surface area (Å²) in [4.78, 5) is 12.8. The van der Waals surface area contributed by atoms with Crippen LogP contribution in [0.25, 0.3) is 22.2 Å². The smallest absolute Gasteiger partial charge is 0.324 e. The molecule has 2 heterocycles. The van der Waals surface area contributed by atoms with E-state index in [9.17, 15) is 21.6 Å². The summed E-state index contributed by atoms with van der Waals surface area (Å²) in [6, 6.07) is 23.6. The van der Waals surface area contributed by atoms with Gasteiger partial charge in [-0.3, -0.25) is 9.54 Å². The fraction of sp³-hybridized carbons (Fsp3) is 0.0385. The van der Waals surface area contributed by atoms with Gasteiger partial charge in [0.2, 0.25) is 5.95 Å². The summed E-state index contributed by atoms with van der Waals surface area (Å²) in [6.07, 6.45) is -1.04. The summed E-state index contributed by atoms with van der Waals surface area (Å²) < 4.78 is 67.2. The van der Waals surface area contributed by atoms with E-state index in [4.69, 9.17) is 4.55 Å². The van der Waals surface area contributed by atoms with Gasteiger partial charge in [0.15, 0.2) is 0 Å². The SMILES string of the molecule is FC(F)(F)c1ccc(Nc2nccc(-c3ccc4cccnc4c3)n2)cc1.O=S(=O)(O)c1ccccc1. The quantitative estimate of drug-likeness (QED) is 0.263. The lowest BCUT2D eigenvalue weighted by molar-refractivity contribution is -0.137. The summed E-state index contributed by atoms with van der Waals surface area (Å²) in [5, 5.41) is 3.95. The van der Waals surface area contributed by atoms with Gasteiger partial charge in [-0.05, 0) is 54.6 Å². The normalized spacial score (nSPS) is 11.5. The van der Waals surface area contributed by atoms with Crippen LogP contribution in [0, 0.1) is 0 Å². The number of anilines is 2. The maximum Gasteiger partial charge on any atom is 0.416 e. The van der Waals surface area contributed by atoms with Crippen LogP contribution in [0.15, 0.2) is 108 Å². The molecule has 5 rings (SSSR count). The van der Waals surface area contributed by atoms with Crippen molar-refractivity contribution >= 4 is 32.7 Å². The van der Waals surface area contributed by atoms with Crippen LogP contribution in [0.2, 0.25) is 0 Å². The van der Waals surface area contributed by atoms with E-state index < -0.39 is 21.9 Å². The maximum absolute atomic E-state index is 12.6. The fourth-order valence-electron chi connectivity index (χ4n) is 3.27. The van der Waals surface area contributed by atoms with E-state index in [-0.39, 0.29) is 4.90 Å². The number of hydrogen-bond acceptors (Lipinski definition) is 6. The van der Waals surface area contributed by atoms with Gasteiger partial charge in [-0.25, -0.2) is 9.97 Å². The monoisotopic (exact) mass is 524 g/mol. The fourth-order valence-corrected chi connectivity index (χ4v) is 3.77. The molecule has 11 heteroatoms. The number of alkyl halides is 3. The van der Waals surface area contributed by atoms with Crippen LogP contribution in [0.3, 0.4) is 0 Å². The standard InChI is InChI=1S/C20H13F3N4.C6H6O3S/c21-20(22,23)15-5-7-16(8-6-15)26-19-25-11-9-17(27-19)14-4-3-13-2-1-10-24-18(13)12-14;7-10(8,9)6-4-2-1-3-5-6/h1-12H,(H,25,26,27);1-5H,(H,7,8,9). The lowest BCUT2D eigenvalue weighted by Gasteiger charge is -2.09. The summed E-state index contributed by atoms with van der Waals surface area (Å²) in [5.41, 5.74) is 2.18. The predicted octanol–water partition coefficient (Wildman–Crippen LogP) is 6.39. The number of pyridine rings is 1. The molecule has 0 aliphatic rings. The van der Waals surface area contributed by atoms with E-state index in [2.05, 4.69) is 20.3 Å². The third-order valence-corrected chi connectivity index (χ3v) is 5.93. The van der Waals surface area contributed by atoms with Crippen molar-refractivity contribution in [3.63, 3.8) is 0 Å².